The first-order valence-corrected chi connectivity index (χ1v) is 9.62. The Balaban J connectivity index is 0.00000169. The molecule has 24 heavy (non-hydrogen) atoms. The van der Waals surface area contributed by atoms with Gasteiger partial charge in [-0.15, -0.1) is 35.7 Å². The van der Waals surface area contributed by atoms with E-state index in [1.165, 1.54) is 17.7 Å². The van der Waals surface area contributed by atoms with Gasteiger partial charge in [0, 0.05) is 49.2 Å². The Labute approximate surface area is 165 Å². The molecule has 2 bridgehead atoms. The van der Waals surface area contributed by atoms with Crippen LogP contribution in [-0.4, -0.2) is 55.5 Å². The van der Waals surface area contributed by atoms with Crippen LogP contribution in [0.3, 0.4) is 0 Å². The molecule has 0 spiro atoms. The second-order valence-corrected chi connectivity index (χ2v) is 7.83. The highest BCUT2D eigenvalue weighted by Crippen LogP contribution is 2.47. The lowest BCUT2D eigenvalue weighted by Crippen LogP contribution is -2.42. The summed E-state index contributed by atoms with van der Waals surface area (Å²) >= 11 is 1.89. The van der Waals surface area contributed by atoms with Crippen LogP contribution >= 0.6 is 35.7 Å². The van der Waals surface area contributed by atoms with E-state index in [0.717, 1.165) is 43.2 Å². The fraction of sp³-hybridized carbons (Fsp3) is 0.611. The maximum atomic E-state index is 6.06. The SMILES string of the molecule is CN=C(NCCSc1ccccc1)N1CC2C3CCC(O3)C2C1.I. The van der Waals surface area contributed by atoms with Gasteiger partial charge in [0.2, 0.25) is 0 Å². The van der Waals surface area contributed by atoms with Crippen LogP contribution in [0.15, 0.2) is 40.2 Å². The number of likely N-dealkylation sites (tertiary alicyclic amines) is 1. The molecule has 1 N–H and O–H groups in total. The van der Waals surface area contributed by atoms with E-state index in [0.29, 0.717) is 12.2 Å². The third-order valence-corrected chi connectivity index (χ3v) is 6.37. The average Bonchev–Trinajstić information content (AvgIpc) is 3.29. The minimum Gasteiger partial charge on any atom is -0.374 e. The van der Waals surface area contributed by atoms with Gasteiger partial charge in [0.15, 0.2) is 5.96 Å². The van der Waals surface area contributed by atoms with Crippen molar-refractivity contribution in [2.75, 3.05) is 32.4 Å². The molecule has 6 heteroatoms. The number of nitrogens with zero attached hydrogens (tertiary/aromatic N) is 2. The number of ether oxygens (including phenoxy) is 1. The van der Waals surface area contributed by atoms with Crippen molar-refractivity contribution in [2.45, 2.75) is 29.9 Å². The fourth-order valence-electron chi connectivity index (χ4n) is 4.31. The molecule has 4 atom stereocenters. The number of fused-ring (bicyclic) bond motifs is 5. The maximum absolute atomic E-state index is 6.06. The van der Waals surface area contributed by atoms with Crippen LogP contribution in [0.1, 0.15) is 12.8 Å². The standard InChI is InChI=1S/C18H25N3OS.HI/c1-19-18(20-9-10-23-13-5-3-2-4-6-13)21-11-14-15(12-21)17-8-7-16(14)22-17;/h2-6,14-17H,7-12H2,1H3,(H,19,20);1H. The first kappa shape index (κ1) is 18.3. The van der Waals surface area contributed by atoms with Crippen LogP contribution in [0.2, 0.25) is 0 Å². The topological polar surface area (TPSA) is 36.9 Å². The van der Waals surface area contributed by atoms with E-state index in [9.17, 15) is 0 Å². The molecule has 4 nitrogen and oxygen atoms in total. The lowest BCUT2D eigenvalue weighted by Gasteiger charge is -2.23. The number of hydrogen-bond acceptors (Lipinski definition) is 3. The van der Waals surface area contributed by atoms with Crippen LogP contribution in [0.5, 0.6) is 0 Å². The minimum atomic E-state index is 0. The lowest BCUT2D eigenvalue weighted by molar-refractivity contribution is 0.0767. The number of thioether (sulfide) groups is 1. The summed E-state index contributed by atoms with van der Waals surface area (Å²) in [6, 6.07) is 10.6. The van der Waals surface area contributed by atoms with Gasteiger partial charge in [0.25, 0.3) is 0 Å². The summed E-state index contributed by atoms with van der Waals surface area (Å²) in [6.45, 7) is 3.16. The van der Waals surface area contributed by atoms with E-state index in [2.05, 4.69) is 45.5 Å². The van der Waals surface area contributed by atoms with E-state index >= 15 is 0 Å². The largest absolute Gasteiger partial charge is 0.374 e. The average molecular weight is 459 g/mol. The molecule has 3 heterocycles. The molecule has 132 valence electrons. The normalized spacial score (nSPS) is 31.0. The first-order valence-electron chi connectivity index (χ1n) is 8.64. The van der Waals surface area contributed by atoms with Crippen LogP contribution in [0, 0.1) is 11.8 Å². The van der Waals surface area contributed by atoms with Crippen molar-refractivity contribution in [1.82, 2.24) is 10.2 Å². The van der Waals surface area contributed by atoms with Gasteiger partial charge in [-0.25, -0.2) is 0 Å². The second-order valence-electron chi connectivity index (χ2n) is 6.66. The summed E-state index contributed by atoms with van der Waals surface area (Å²) in [5.41, 5.74) is 0. The van der Waals surface area contributed by atoms with E-state index in [1.807, 2.05) is 18.8 Å². The van der Waals surface area contributed by atoms with Gasteiger partial charge in [-0.3, -0.25) is 4.99 Å². The van der Waals surface area contributed by atoms with Crippen LogP contribution in [0.4, 0.5) is 0 Å². The number of halogens is 1. The molecule has 4 rings (SSSR count). The van der Waals surface area contributed by atoms with E-state index < -0.39 is 0 Å². The van der Waals surface area contributed by atoms with Gasteiger partial charge in [-0.05, 0) is 25.0 Å². The van der Waals surface area contributed by atoms with Crippen molar-refractivity contribution in [1.29, 1.82) is 0 Å². The zero-order valence-corrected chi connectivity index (χ0v) is 17.2. The number of rotatable bonds is 4. The molecular weight excluding hydrogens is 433 g/mol. The molecule has 1 aromatic carbocycles. The number of aliphatic imine (C=N–C) groups is 1. The van der Waals surface area contributed by atoms with Crippen molar-refractivity contribution in [2.24, 2.45) is 16.8 Å². The van der Waals surface area contributed by atoms with Gasteiger partial charge in [-0.1, -0.05) is 18.2 Å². The number of hydrogen-bond donors (Lipinski definition) is 1. The Morgan fingerprint density at radius 2 is 1.88 bits per heavy atom. The zero-order valence-electron chi connectivity index (χ0n) is 14.1. The minimum absolute atomic E-state index is 0. The fourth-order valence-corrected chi connectivity index (χ4v) is 5.10. The monoisotopic (exact) mass is 459 g/mol. The van der Waals surface area contributed by atoms with E-state index in [1.54, 1.807) is 0 Å². The molecule has 4 unspecified atom stereocenters. The molecule has 3 saturated heterocycles. The molecule has 3 aliphatic heterocycles. The van der Waals surface area contributed by atoms with Gasteiger partial charge in [-0.2, -0.15) is 0 Å². The van der Waals surface area contributed by atoms with Crippen molar-refractivity contribution in [3.8, 4) is 0 Å². The van der Waals surface area contributed by atoms with Crippen LogP contribution in [-0.2, 0) is 4.74 Å². The second kappa shape index (κ2) is 8.27. The van der Waals surface area contributed by atoms with Gasteiger partial charge in [0.05, 0.1) is 12.2 Å². The molecule has 0 aliphatic carbocycles. The highest BCUT2D eigenvalue weighted by Gasteiger charge is 2.53. The van der Waals surface area contributed by atoms with E-state index in [4.69, 9.17) is 4.74 Å². The third kappa shape index (κ3) is 3.70. The van der Waals surface area contributed by atoms with Crippen molar-refractivity contribution in [3.63, 3.8) is 0 Å². The smallest absolute Gasteiger partial charge is 0.193 e. The Hall–Kier alpha value is -0.470. The summed E-state index contributed by atoms with van der Waals surface area (Å²) in [7, 11) is 1.89. The van der Waals surface area contributed by atoms with Gasteiger partial charge in [0.1, 0.15) is 0 Å². The summed E-state index contributed by atoms with van der Waals surface area (Å²) in [6.07, 6.45) is 3.56. The molecule has 0 aromatic heterocycles. The number of benzene rings is 1. The highest BCUT2D eigenvalue weighted by atomic mass is 127. The predicted molar refractivity (Wildman–Crippen MR) is 110 cm³/mol. The summed E-state index contributed by atoms with van der Waals surface area (Å²) in [5.74, 6) is 3.57. The van der Waals surface area contributed by atoms with Gasteiger partial charge < -0.3 is 15.0 Å². The summed E-state index contributed by atoms with van der Waals surface area (Å²) in [4.78, 5) is 8.26. The van der Waals surface area contributed by atoms with Crippen LogP contribution < -0.4 is 5.32 Å². The Kier molecular flexibility index (Phi) is 6.32. The van der Waals surface area contributed by atoms with E-state index in [-0.39, 0.29) is 24.0 Å². The molecule has 0 amide bonds. The third-order valence-electron chi connectivity index (χ3n) is 5.36. The zero-order chi connectivity index (χ0) is 15.6. The molecule has 1 aromatic rings. The molecule has 3 aliphatic rings. The number of nitrogens with one attached hydrogen (secondary N) is 1. The molecule has 3 fully saturated rings. The Morgan fingerprint density at radius 3 is 2.50 bits per heavy atom. The number of guanidine groups is 1. The summed E-state index contributed by atoms with van der Waals surface area (Å²) < 4.78 is 6.06. The Morgan fingerprint density at radius 1 is 1.21 bits per heavy atom. The van der Waals surface area contributed by atoms with Crippen molar-refractivity contribution in [3.05, 3.63) is 30.3 Å². The predicted octanol–water partition coefficient (Wildman–Crippen LogP) is 3.08. The lowest BCUT2D eigenvalue weighted by atomic mass is 9.82. The van der Waals surface area contributed by atoms with Crippen LogP contribution in [0.25, 0.3) is 0 Å². The quantitative estimate of drug-likeness (QED) is 0.247. The van der Waals surface area contributed by atoms with Crippen molar-refractivity contribution >= 4 is 41.7 Å². The Bertz CT molecular complexity index is 553. The maximum Gasteiger partial charge on any atom is 0.193 e. The molecule has 0 saturated carbocycles. The van der Waals surface area contributed by atoms with Gasteiger partial charge >= 0.3 is 0 Å². The first-order chi connectivity index (χ1) is 11.3. The molecule has 0 radical (unpaired) electrons. The highest BCUT2D eigenvalue weighted by molar-refractivity contribution is 14.0. The molecular formula is C18H26IN3OS. The van der Waals surface area contributed by atoms with Crippen molar-refractivity contribution < 1.29 is 4.74 Å². The summed E-state index contributed by atoms with van der Waals surface area (Å²) in [5, 5.41) is 3.54.